The molecule has 18 heavy (non-hydrogen) atoms. The minimum atomic E-state index is -0.163. The molecule has 0 aliphatic rings. The van der Waals surface area contributed by atoms with Crippen molar-refractivity contribution in [3.8, 4) is 0 Å². The Balaban J connectivity index is 2.90. The Bertz CT molecular complexity index is 435. The van der Waals surface area contributed by atoms with Gasteiger partial charge in [-0.3, -0.25) is 9.78 Å². The Morgan fingerprint density at radius 1 is 1.67 bits per heavy atom. The molecule has 0 unspecified atom stereocenters. The fraction of sp³-hybridized carbons (Fsp3) is 0.385. The number of hydrogen-bond donors (Lipinski definition) is 0. The molecule has 0 spiro atoms. The van der Waals surface area contributed by atoms with E-state index in [9.17, 15) is 4.79 Å². The topological polar surface area (TPSA) is 42.4 Å². The summed E-state index contributed by atoms with van der Waals surface area (Å²) in [6.45, 7) is 6.87. The van der Waals surface area contributed by atoms with Crippen LogP contribution in [0, 0.1) is 6.92 Å². The van der Waals surface area contributed by atoms with Crippen LogP contribution in [0.1, 0.15) is 16.1 Å². The molecule has 0 saturated carbocycles. The van der Waals surface area contributed by atoms with Crippen LogP contribution in [0.5, 0.6) is 0 Å². The molecule has 0 aliphatic heterocycles. The average molecular weight is 269 g/mol. The Morgan fingerprint density at radius 2 is 2.39 bits per heavy atom. The van der Waals surface area contributed by atoms with Crippen LogP contribution in [0.15, 0.2) is 24.9 Å². The summed E-state index contributed by atoms with van der Waals surface area (Å²) in [6.07, 6.45) is 3.17. The van der Waals surface area contributed by atoms with E-state index < -0.39 is 0 Å². The minimum Gasteiger partial charge on any atom is -0.383 e. The van der Waals surface area contributed by atoms with Gasteiger partial charge in [0.2, 0.25) is 0 Å². The predicted molar refractivity (Wildman–Crippen MR) is 72.0 cm³/mol. The van der Waals surface area contributed by atoms with Crippen LogP contribution in [0.4, 0.5) is 0 Å². The molecule has 0 N–H and O–H groups in total. The smallest absolute Gasteiger partial charge is 0.257 e. The number of methoxy groups -OCH3 is 1. The van der Waals surface area contributed by atoms with E-state index in [0.717, 1.165) is 5.69 Å². The molecule has 0 saturated heterocycles. The molecule has 1 rings (SSSR count). The van der Waals surface area contributed by atoms with E-state index in [1.54, 1.807) is 24.2 Å². The van der Waals surface area contributed by atoms with Crippen molar-refractivity contribution in [3.05, 3.63) is 41.2 Å². The summed E-state index contributed by atoms with van der Waals surface area (Å²) < 4.78 is 4.98. The van der Waals surface area contributed by atoms with Crippen molar-refractivity contribution < 1.29 is 9.53 Å². The van der Waals surface area contributed by atoms with Crippen molar-refractivity contribution >= 4 is 17.5 Å². The zero-order valence-corrected chi connectivity index (χ0v) is 11.4. The van der Waals surface area contributed by atoms with Gasteiger partial charge in [0.15, 0.2) is 0 Å². The highest BCUT2D eigenvalue weighted by atomic mass is 35.5. The first-order valence-corrected chi connectivity index (χ1v) is 5.99. The van der Waals surface area contributed by atoms with Crippen LogP contribution < -0.4 is 0 Å². The summed E-state index contributed by atoms with van der Waals surface area (Å²) in [5.74, 6) is -0.163. The van der Waals surface area contributed by atoms with E-state index in [2.05, 4.69) is 11.6 Å². The van der Waals surface area contributed by atoms with Gasteiger partial charge in [0.1, 0.15) is 0 Å². The van der Waals surface area contributed by atoms with Crippen LogP contribution in [-0.2, 0) is 4.74 Å². The van der Waals surface area contributed by atoms with Crippen LogP contribution in [0.3, 0.4) is 0 Å². The molecule has 1 amide bonds. The van der Waals surface area contributed by atoms with E-state index in [1.165, 1.54) is 6.20 Å². The summed E-state index contributed by atoms with van der Waals surface area (Å²) in [7, 11) is 1.59. The molecule has 0 fully saturated rings. The van der Waals surface area contributed by atoms with Crippen LogP contribution in [0.2, 0.25) is 5.02 Å². The third-order valence-corrected chi connectivity index (χ3v) is 2.74. The van der Waals surface area contributed by atoms with Crippen LogP contribution >= 0.6 is 11.6 Å². The summed E-state index contributed by atoms with van der Waals surface area (Å²) >= 11 is 6.06. The third kappa shape index (κ3) is 3.82. The predicted octanol–water partition coefficient (Wildman–Crippen LogP) is 2.32. The van der Waals surface area contributed by atoms with Crippen molar-refractivity contribution in [2.75, 3.05) is 26.8 Å². The van der Waals surface area contributed by atoms with Gasteiger partial charge in [-0.1, -0.05) is 17.7 Å². The number of rotatable bonds is 6. The molecule has 1 heterocycles. The second-order valence-corrected chi connectivity index (χ2v) is 4.25. The molecule has 0 aliphatic carbocycles. The molecular weight excluding hydrogens is 252 g/mol. The molecule has 1 aromatic rings. The molecule has 1 aromatic heterocycles. The van der Waals surface area contributed by atoms with Gasteiger partial charge in [0.05, 0.1) is 17.2 Å². The fourth-order valence-corrected chi connectivity index (χ4v) is 1.77. The van der Waals surface area contributed by atoms with Gasteiger partial charge in [-0.2, -0.15) is 0 Å². The number of nitrogens with zero attached hydrogens (tertiary/aromatic N) is 2. The maximum atomic E-state index is 12.3. The zero-order valence-electron chi connectivity index (χ0n) is 10.6. The zero-order chi connectivity index (χ0) is 13.5. The average Bonchev–Trinajstić information content (AvgIpc) is 2.33. The number of ether oxygens (including phenoxy) is 1. The maximum Gasteiger partial charge on any atom is 0.257 e. The van der Waals surface area contributed by atoms with Gasteiger partial charge >= 0.3 is 0 Å². The third-order valence-electron chi connectivity index (χ3n) is 2.42. The molecule has 0 radical (unpaired) electrons. The summed E-state index contributed by atoms with van der Waals surface area (Å²) in [4.78, 5) is 18.0. The molecule has 4 nitrogen and oxygen atoms in total. The van der Waals surface area contributed by atoms with Gasteiger partial charge in [-0.15, -0.1) is 6.58 Å². The van der Waals surface area contributed by atoms with Crippen LogP contribution in [-0.4, -0.2) is 42.6 Å². The number of hydrogen-bond acceptors (Lipinski definition) is 3. The largest absolute Gasteiger partial charge is 0.383 e. The van der Waals surface area contributed by atoms with Gasteiger partial charge < -0.3 is 9.64 Å². The van der Waals surface area contributed by atoms with Crippen LogP contribution in [0.25, 0.3) is 0 Å². The number of amides is 1. The second kappa shape index (κ2) is 7.13. The van der Waals surface area contributed by atoms with Crippen molar-refractivity contribution in [3.63, 3.8) is 0 Å². The standard InChI is InChI=1S/C13H17ClN2O2/c1-4-5-16(6-7-18-3)13(17)11-9-15-10(2)8-12(11)14/h4,8-9H,1,5-7H2,2-3H3. The minimum absolute atomic E-state index is 0.163. The van der Waals surface area contributed by atoms with Gasteiger partial charge in [-0.25, -0.2) is 0 Å². The number of carbonyl (C=O) groups is 1. The highest BCUT2D eigenvalue weighted by molar-refractivity contribution is 6.33. The van der Waals surface area contributed by atoms with E-state index in [4.69, 9.17) is 16.3 Å². The number of aryl methyl sites for hydroxylation is 1. The van der Waals surface area contributed by atoms with Gasteiger partial charge in [0.25, 0.3) is 5.91 Å². The highest BCUT2D eigenvalue weighted by Crippen LogP contribution is 2.17. The molecule has 0 bridgehead atoms. The van der Waals surface area contributed by atoms with Gasteiger partial charge in [0, 0.05) is 32.1 Å². The summed E-state index contributed by atoms with van der Waals surface area (Å²) in [6, 6.07) is 1.68. The first kappa shape index (κ1) is 14.7. The van der Waals surface area contributed by atoms with E-state index in [1.807, 2.05) is 6.92 Å². The summed E-state index contributed by atoms with van der Waals surface area (Å²) in [5, 5.41) is 0.416. The lowest BCUT2D eigenvalue weighted by molar-refractivity contribution is 0.0718. The lowest BCUT2D eigenvalue weighted by Gasteiger charge is -2.21. The lowest BCUT2D eigenvalue weighted by Crippen LogP contribution is -2.34. The molecule has 0 atom stereocenters. The molecular formula is C13H17ClN2O2. The fourth-order valence-electron chi connectivity index (χ4n) is 1.49. The number of pyridine rings is 1. The Hall–Kier alpha value is -1.39. The molecule has 98 valence electrons. The highest BCUT2D eigenvalue weighted by Gasteiger charge is 2.17. The SMILES string of the molecule is C=CCN(CCOC)C(=O)c1cnc(C)cc1Cl. The maximum absolute atomic E-state index is 12.3. The normalized spacial score (nSPS) is 10.2. The van der Waals surface area contributed by atoms with E-state index in [-0.39, 0.29) is 5.91 Å². The monoisotopic (exact) mass is 268 g/mol. The Kier molecular flexibility index (Phi) is 5.82. The Labute approximate surface area is 112 Å². The number of halogens is 1. The van der Waals surface area contributed by atoms with E-state index >= 15 is 0 Å². The molecule has 0 aromatic carbocycles. The number of carbonyl (C=O) groups excluding carboxylic acids is 1. The van der Waals surface area contributed by atoms with E-state index in [0.29, 0.717) is 30.3 Å². The number of aromatic nitrogens is 1. The Morgan fingerprint density at radius 3 is 2.94 bits per heavy atom. The quantitative estimate of drug-likeness (QED) is 0.744. The lowest BCUT2D eigenvalue weighted by atomic mass is 10.2. The first-order chi connectivity index (χ1) is 8.60. The molecule has 5 heteroatoms. The van der Waals surface area contributed by atoms with Crippen molar-refractivity contribution in [1.82, 2.24) is 9.88 Å². The van der Waals surface area contributed by atoms with Crippen molar-refractivity contribution in [1.29, 1.82) is 0 Å². The van der Waals surface area contributed by atoms with Crippen molar-refractivity contribution in [2.24, 2.45) is 0 Å². The van der Waals surface area contributed by atoms with Crippen molar-refractivity contribution in [2.45, 2.75) is 6.92 Å². The first-order valence-electron chi connectivity index (χ1n) is 5.61. The second-order valence-electron chi connectivity index (χ2n) is 3.84. The van der Waals surface area contributed by atoms with Gasteiger partial charge in [-0.05, 0) is 13.0 Å². The summed E-state index contributed by atoms with van der Waals surface area (Å²) in [5.41, 5.74) is 1.18.